The summed E-state index contributed by atoms with van der Waals surface area (Å²) in [5.41, 5.74) is 2.55. The van der Waals surface area contributed by atoms with E-state index in [0.717, 1.165) is 18.4 Å². The lowest BCUT2D eigenvalue weighted by Gasteiger charge is -2.20. The predicted molar refractivity (Wildman–Crippen MR) is 64.8 cm³/mol. The summed E-state index contributed by atoms with van der Waals surface area (Å²) in [5, 5.41) is 10.0. The third kappa shape index (κ3) is 4.48. The quantitative estimate of drug-likeness (QED) is 0.796. The molecule has 1 unspecified atom stereocenters. The highest BCUT2D eigenvalue weighted by Gasteiger charge is 2.14. The highest BCUT2D eigenvalue weighted by Crippen LogP contribution is 2.27. The van der Waals surface area contributed by atoms with Crippen LogP contribution in [0, 0.1) is 12.3 Å². The van der Waals surface area contributed by atoms with Crippen LogP contribution in [0.15, 0.2) is 24.3 Å². The van der Waals surface area contributed by atoms with Gasteiger partial charge in [0.2, 0.25) is 0 Å². The van der Waals surface area contributed by atoms with E-state index in [0.29, 0.717) is 5.41 Å². The summed E-state index contributed by atoms with van der Waals surface area (Å²) in [7, 11) is 0. The van der Waals surface area contributed by atoms with Crippen molar-refractivity contribution in [2.75, 3.05) is 0 Å². The maximum absolute atomic E-state index is 10.0. The van der Waals surface area contributed by atoms with Crippen molar-refractivity contribution in [2.45, 2.75) is 46.6 Å². The molecule has 0 aromatic heterocycles. The number of rotatable bonds is 3. The zero-order chi connectivity index (χ0) is 11.5. The number of aliphatic hydroxyl groups excluding tert-OH is 1. The Morgan fingerprint density at radius 3 is 2.47 bits per heavy atom. The van der Waals surface area contributed by atoms with Gasteiger partial charge in [0.15, 0.2) is 0 Å². The molecule has 84 valence electrons. The van der Waals surface area contributed by atoms with Gasteiger partial charge in [0.1, 0.15) is 0 Å². The van der Waals surface area contributed by atoms with Crippen LogP contribution in [-0.2, 0) is 0 Å². The molecule has 1 nitrogen and oxygen atoms in total. The Morgan fingerprint density at radius 1 is 1.27 bits per heavy atom. The van der Waals surface area contributed by atoms with E-state index in [2.05, 4.69) is 39.8 Å². The summed E-state index contributed by atoms with van der Waals surface area (Å²) in [4.78, 5) is 0. The van der Waals surface area contributed by atoms with Gasteiger partial charge in [0, 0.05) is 0 Å². The topological polar surface area (TPSA) is 20.2 Å². The molecule has 0 bridgehead atoms. The first-order valence-corrected chi connectivity index (χ1v) is 5.63. The second-order valence-corrected chi connectivity index (χ2v) is 5.53. The largest absolute Gasteiger partial charge is 0.388 e. The number of aryl methyl sites for hydroxylation is 1. The molecule has 15 heavy (non-hydrogen) atoms. The van der Waals surface area contributed by atoms with E-state index < -0.39 is 0 Å². The zero-order valence-electron chi connectivity index (χ0n) is 10.2. The molecular formula is C14H22O. The Morgan fingerprint density at radius 2 is 1.93 bits per heavy atom. The van der Waals surface area contributed by atoms with Crippen LogP contribution in [0.3, 0.4) is 0 Å². The van der Waals surface area contributed by atoms with Crippen LogP contribution in [0.4, 0.5) is 0 Å². The molecule has 0 radical (unpaired) electrons. The summed E-state index contributed by atoms with van der Waals surface area (Å²) in [5.74, 6) is 0. The van der Waals surface area contributed by atoms with E-state index in [1.165, 1.54) is 5.56 Å². The molecule has 0 saturated heterocycles. The third-order valence-corrected chi connectivity index (χ3v) is 2.59. The normalized spacial score (nSPS) is 13.9. The lowest BCUT2D eigenvalue weighted by Crippen LogP contribution is -2.08. The van der Waals surface area contributed by atoms with Gasteiger partial charge in [-0.2, -0.15) is 0 Å². The second kappa shape index (κ2) is 4.80. The first kappa shape index (κ1) is 12.3. The molecule has 1 N–H and O–H groups in total. The lowest BCUT2D eigenvalue weighted by molar-refractivity contribution is 0.147. The van der Waals surface area contributed by atoms with Crippen molar-refractivity contribution in [3.63, 3.8) is 0 Å². The molecular weight excluding hydrogens is 184 g/mol. The molecule has 1 rings (SSSR count). The summed E-state index contributed by atoms with van der Waals surface area (Å²) in [6, 6.07) is 8.12. The fourth-order valence-corrected chi connectivity index (χ4v) is 1.61. The van der Waals surface area contributed by atoms with E-state index in [1.807, 2.05) is 12.1 Å². The summed E-state index contributed by atoms with van der Waals surface area (Å²) < 4.78 is 0. The van der Waals surface area contributed by atoms with Crippen molar-refractivity contribution in [2.24, 2.45) is 5.41 Å². The Hall–Kier alpha value is -0.820. The minimum absolute atomic E-state index is 0.296. The van der Waals surface area contributed by atoms with E-state index in [4.69, 9.17) is 0 Å². The Bertz CT molecular complexity index is 309. The minimum atomic E-state index is -0.316. The highest BCUT2D eigenvalue weighted by molar-refractivity contribution is 5.23. The molecule has 0 spiro atoms. The number of aliphatic hydroxyl groups is 1. The fourth-order valence-electron chi connectivity index (χ4n) is 1.61. The molecule has 1 aromatic carbocycles. The Kier molecular flexibility index (Phi) is 3.92. The van der Waals surface area contributed by atoms with Gasteiger partial charge in [-0.3, -0.25) is 0 Å². The molecule has 0 aliphatic rings. The monoisotopic (exact) mass is 206 g/mol. The van der Waals surface area contributed by atoms with Crippen molar-refractivity contribution < 1.29 is 5.11 Å². The van der Waals surface area contributed by atoms with Crippen molar-refractivity contribution >= 4 is 0 Å². The summed E-state index contributed by atoms with van der Waals surface area (Å²) >= 11 is 0. The fraction of sp³-hybridized carbons (Fsp3) is 0.571. The van der Waals surface area contributed by atoms with Gasteiger partial charge in [-0.05, 0) is 30.7 Å². The molecule has 0 fully saturated rings. The van der Waals surface area contributed by atoms with Crippen LogP contribution in [0.2, 0.25) is 0 Å². The Labute approximate surface area is 93.1 Å². The molecule has 0 heterocycles. The predicted octanol–water partition coefficient (Wildman–Crippen LogP) is 3.85. The standard InChI is InChI=1S/C14H22O/c1-11-6-5-7-12(10-11)13(15)8-9-14(2,3)4/h5-7,10,13,15H,8-9H2,1-4H3. The van der Waals surface area contributed by atoms with Crippen LogP contribution < -0.4 is 0 Å². The second-order valence-electron chi connectivity index (χ2n) is 5.53. The first-order valence-electron chi connectivity index (χ1n) is 5.63. The van der Waals surface area contributed by atoms with Gasteiger partial charge < -0.3 is 5.11 Å². The summed E-state index contributed by atoms with van der Waals surface area (Å²) in [6.45, 7) is 8.67. The molecule has 1 heteroatoms. The number of hydrogen-bond donors (Lipinski definition) is 1. The van der Waals surface area contributed by atoms with Crippen LogP contribution in [0.1, 0.15) is 50.8 Å². The van der Waals surface area contributed by atoms with Gasteiger partial charge in [-0.15, -0.1) is 0 Å². The zero-order valence-corrected chi connectivity index (χ0v) is 10.2. The van der Waals surface area contributed by atoms with Crippen LogP contribution >= 0.6 is 0 Å². The minimum Gasteiger partial charge on any atom is -0.388 e. The van der Waals surface area contributed by atoms with E-state index in [1.54, 1.807) is 0 Å². The molecule has 0 aliphatic heterocycles. The van der Waals surface area contributed by atoms with Gasteiger partial charge >= 0.3 is 0 Å². The average Bonchev–Trinajstić information content (AvgIpc) is 2.13. The lowest BCUT2D eigenvalue weighted by atomic mass is 9.88. The maximum Gasteiger partial charge on any atom is 0.0790 e. The Balaban J connectivity index is 2.58. The maximum atomic E-state index is 10.0. The van der Waals surface area contributed by atoms with E-state index in [-0.39, 0.29) is 6.10 Å². The molecule has 0 saturated carbocycles. The molecule has 0 amide bonds. The van der Waals surface area contributed by atoms with E-state index >= 15 is 0 Å². The SMILES string of the molecule is Cc1cccc(C(O)CCC(C)(C)C)c1. The van der Waals surface area contributed by atoms with Crippen LogP contribution in [-0.4, -0.2) is 5.11 Å². The van der Waals surface area contributed by atoms with Crippen molar-refractivity contribution in [1.82, 2.24) is 0 Å². The van der Waals surface area contributed by atoms with Gasteiger partial charge in [0.25, 0.3) is 0 Å². The molecule has 1 atom stereocenters. The smallest absolute Gasteiger partial charge is 0.0790 e. The van der Waals surface area contributed by atoms with Crippen molar-refractivity contribution in [1.29, 1.82) is 0 Å². The first-order chi connectivity index (χ1) is 6.88. The average molecular weight is 206 g/mol. The van der Waals surface area contributed by atoms with Crippen LogP contribution in [0.5, 0.6) is 0 Å². The van der Waals surface area contributed by atoms with Crippen LogP contribution in [0.25, 0.3) is 0 Å². The highest BCUT2D eigenvalue weighted by atomic mass is 16.3. The molecule has 1 aromatic rings. The van der Waals surface area contributed by atoms with Crippen molar-refractivity contribution in [3.8, 4) is 0 Å². The van der Waals surface area contributed by atoms with Gasteiger partial charge in [-0.25, -0.2) is 0 Å². The molecule has 0 aliphatic carbocycles. The van der Waals surface area contributed by atoms with E-state index in [9.17, 15) is 5.11 Å². The summed E-state index contributed by atoms with van der Waals surface area (Å²) in [6.07, 6.45) is 1.57. The third-order valence-electron chi connectivity index (χ3n) is 2.59. The van der Waals surface area contributed by atoms with Gasteiger partial charge in [0.05, 0.1) is 6.10 Å². The van der Waals surface area contributed by atoms with Gasteiger partial charge in [-0.1, -0.05) is 50.6 Å². The number of benzene rings is 1. The van der Waals surface area contributed by atoms with Crippen molar-refractivity contribution in [3.05, 3.63) is 35.4 Å². The number of hydrogen-bond acceptors (Lipinski definition) is 1.